The van der Waals surface area contributed by atoms with Crippen molar-refractivity contribution >= 4 is 18.0 Å². The number of aromatic nitrogens is 3. The monoisotopic (exact) mass is 280 g/mol. The summed E-state index contributed by atoms with van der Waals surface area (Å²) in [5.74, 6) is -1.56. The third kappa shape index (κ3) is 2.10. The van der Waals surface area contributed by atoms with Crippen LogP contribution in [0.2, 0.25) is 0 Å². The molecule has 0 unspecified atom stereocenters. The first-order valence-electron chi connectivity index (χ1n) is 6.21. The van der Waals surface area contributed by atoms with Crippen molar-refractivity contribution in [2.75, 3.05) is 13.2 Å². The molecule has 0 aromatic carbocycles. The maximum absolute atomic E-state index is 12.0. The van der Waals surface area contributed by atoms with Gasteiger partial charge in [-0.2, -0.15) is 0 Å². The topological polar surface area (TPSA) is 115 Å². The van der Waals surface area contributed by atoms with E-state index >= 15 is 0 Å². The summed E-state index contributed by atoms with van der Waals surface area (Å²) < 4.78 is 5.96. The van der Waals surface area contributed by atoms with Gasteiger partial charge in [0.1, 0.15) is 13.2 Å². The molecule has 1 aromatic rings. The van der Waals surface area contributed by atoms with Crippen LogP contribution in [0.1, 0.15) is 34.9 Å². The highest BCUT2D eigenvalue weighted by atomic mass is 16.6. The standard InChI is InChI=1S/C11H12N4O5/c16-7(14-3-4-20-11(14)19)5-15-9(6-1-2-6)8(10(17)18)12-13-15/h6H,1-5H2,(H,17,18). The highest BCUT2D eigenvalue weighted by Crippen LogP contribution is 2.41. The number of ether oxygens (including phenoxy) is 1. The van der Waals surface area contributed by atoms with Crippen LogP contribution in [0.5, 0.6) is 0 Å². The van der Waals surface area contributed by atoms with Crippen molar-refractivity contribution in [1.82, 2.24) is 19.9 Å². The lowest BCUT2D eigenvalue weighted by atomic mass is 10.2. The Kier molecular flexibility index (Phi) is 2.88. The number of amides is 2. The van der Waals surface area contributed by atoms with Gasteiger partial charge in [0.25, 0.3) is 5.91 Å². The highest BCUT2D eigenvalue weighted by Gasteiger charge is 2.35. The molecule has 106 valence electrons. The summed E-state index contributed by atoms with van der Waals surface area (Å²) in [6.45, 7) is 0.177. The van der Waals surface area contributed by atoms with Crippen LogP contribution in [0, 0.1) is 0 Å². The third-order valence-corrected chi connectivity index (χ3v) is 3.29. The molecule has 2 amide bonds. The van der Waals surface area contributed by atoms with E-state index in [0.29, 0.717) is 5.69 Å². The van der Waals surface area contributed by atoms with Gasteiger partial charge in [-0.05, 0) is 12.8 Å². The molecular formula is C11H12N4O5. The maximum atomic E-state index is 12.0. The van der Waals surface area contributed by atoms with E-state index in [2.05, 4.69) is 15.0 Å². The second-order valence-electron chi connectivity index (χ2n) is 4.72. The number of cyclic esters (lactones) is 1. The summed E-state index contributed by atoms with van der Waals surface area (Å²) in [5.41, 5.74) is 0.336. The number of carboxylic acid groups (broad SMARTS) is 1. The Bertz CT molecular complexity index is 592. The van der Waals surface area contributed by atoms with Crippen molar-refractivity contribution < 1.29 is 24.2 Å². The summed E-state index contributed by atoms with van der Waals surface area (Å²) in [6, 6.07) is 0. The largest absolute Gasteiger partial charge is 0.476 e. The van der Waals surface area contributed by atoms with Crippen molar-refractivity contribution in [2.24, 2.45) is 0 Å². The normalized spacial score (nSPS) is 18.2. The zero-order chi connectivity index (χ0) is 14.3. The van der Waals surface area contributed by atoms with Crippen LogP contribution in [0.4, 0.5) is 4.79 Å². The summed E-state index contributed by atoms with van der Waals surface area (Å²) in [5, 5.41) is 16.4. The molecule has 20 heavy (non-hydrogen) atoms. The molecule has 9 heteroatoms. The number of carbonyl (C=O) groups is 3. The van der Waals surface area contributed by atoms with Crippen molar-refractivity contribution in [2.45, 2.75) is 25.3 Å². The van der Waals surface area contributed by atoms with Gasteiger partial charge < -0.3 is 9.84 Å². The number of aromatic carboxylic acids is 1. The van der Waals surface area contributed by atoms with Crippen LogP contribution in [-0.4, -0.2) is 56.1 Å². The zero-order valence-corrected chi connectivity index (χ0v) is 10.5. The molecule has 0 radical (unpaired) electrons. The van der Waals surface area contributed by atoms with Crippen LogP contribution >= 0.6 is 0 Å². The van der Waals surface area contributed by atoms with Crippen molar-refractivity contribution in [3.63, 3.8) is 0 Å². The summed E-state index contributed by atoms with van der Waals surface area (Å²) in [7, 11) is 0. The minimum Gasteiger partial charge on any atom is -0.476 e. The highest BCUT2D eigenvalue weighted by molar-refractivity contribution is 5.93. The van der Waals surface area contributed by atoms with E-state index in [-0.39, 0.29) is 31.3 Å². The van der Waals surface area contributed by atoms with Crippen LogP contribution in [0.15, 0.2) is 0 Å². The lowest BCUT2D eigenvalue weighted by Crippen LogP contribution is -2.35. The van der Waals surface area contributed by atoms with E-state index in [1.807, 2.05) is 0 Å². The molecule has 2 fully saturated rings. The molecule has 1 saturated heterocycles. The molecule has 0 bridgehead atoms. The maximum Gasteiger partial charge on any atom is 0.416 e. The third-order valence-electron chi connectivity index (χ3n) is 3.29. The molecule has 3 rings (SSSR count). The summed E-state index contributed by atoms with van der Waals surface area (Å²) in [4.78, 5) is 35.3. The van der Waals surface area contributed by atoms with E-state index in [4.69, 9.17) is 5.11 Å². The second-order valence-corrected chi connectivity index (χ2v) is 4.72. The van der Waals surface area contributed by atoms with Gasteiger partial charge >= 0.3 is 12.1 Å². The van der Waals surface area contributed by atoms with Crippen LogP contribution in [0.25, 0.3) is 0 Å². The Morgan fingerprint density at radius 1 is 1.40 bits per heavy atom. The first kappa shape index (κ1) is 12.6. The van der Waals surface area contributed by atoms with Crippen molar-refractivity contribution in [1.29, 1.82) is 0 Å². The van der Waals surface area contributed by atoms with Crippen LogP contribution in [0.3, 0.4) is 0 Å². The van der Waals surface area contributed by atoms with Crippen molar-refractivity contribution in [3.05, 3.63) is 11.4 Å². The lowest BCUT2D eigenvalue weighted by Gasteiger charge is -2.11. The first-order chi connectivity index (χ1) is 9.58. The number of hydrogen-bond donors (Lipinski definition) is 1. The van der Waals surface area contributed by atoms with Crippen molar-refractivity contribution in [3.8, 4) is 0 Å². The van der Waals surface area contributed by atoms with E-state index < -0.39 is 18.0 Å². The van der Waals surface area contributed by atoms with Crippen LogP contribution in [-0.2, 0) is 16.1 Å². The molecule has 9 nitrogen and oxygen atoms in total. The van der Waals surface area contributed by atoms with E-state index in [1.165, 1.54) is 4.68 Å². The van der Waals surface area contributed by atoms with Crippen LogP contribution < -0.4 is 0 Å². The Morgan fingerprint density at radius 3 is 2.70 bits per heavy atom. The van der Waals surface area contributed by atoms with Gasteiger partial charge in [-0.25, -0.2) is 19.2 Å². The number of hydrogen-bond acceptors (Lipinski definition) is 6. The summed E-state index contributed by atoms with van der Waals surface area (Å²) >= 11 is 0. The second kappa shape index (κ2) is 4.58. The minimum absolute atomic E-state index is 0.0782. The predicted octanol–water partition coefficient (Wildman–Crippen LogP) is -0.168. The van der Waals surface area contributed by atoms with Gasteiger partial charge in [-0.1, -0.05) is 5.21 Å². The van der Waals surface area contributed by atoms with Gasteiger partial charge in [0.05, 0.1) is 12.2 Å². The molecule has 1 aliphatic carbocycles. The average Bonchev–Trinajstić information content (AvgIpc) is 3.00. The molecule has 1 saturated carbocycles. The average molecular weight is 280 g/mol. The molecule has 2 heterocycles. The molecule has 0 spiro atoms. The lowest BCUT2D eigenvalue weighted by molar-refractivity contribution is -0.128. The fourth-order valence-electron chi connectivity index (χ4n) is 2.18. The molecule has 1 aromatic heterocycles. The molecule has 2 aliphatic rings. The van der Waals surface area contributed by atoms with Gasteiger partial charge in [0.2, 0.25) is 0 Å². The first-order valence-corrected chi connectivity index (χ1v) is 6.21. The predicted molar refractivity (Wildman–Crippen MR) is 62.0 cm³/mol. The fraction of sp³-hybridized carbons (Fsp3) is 0.545. The van der Waals surface area contributed by atoms with Gasteiger partial charge in [-0.3, -0.25) is 4.79 Å². The number of imide groups is 1. The number of carboxylic acids is 1. The van der Waals surface area contributed by atoms with Gasteiger partial charge in [-0.15, -0.1) is 5.10 Å². The SMILES string of the molecule is O=C(O)c1nnn(CC(=O)N2CCOC2=O)c1C1CC1. The van der Waals surface area contributed by atoms with E-state index in [0.717, 1.165) is 17.7 Å². The molecular weight excluding hydrogens is 268 g/mol. The van der Waals surface area contributed by atoms with Gasteiger partial charge in [0, 0.05) is 5.92 Å². The Hall–Kier alpha value is -2.45. The molecule has 0 atom stereocenters. The zero-order valence-electron chi connectivity index (χ0n) is 10.5. The quantitative estimate of drug-likeness (QED) is 0.814. The number of rotatable bonds is 4. The Labute approximate surface area is 113 Å². The van der Waals surface area contributed by atoms with E-state index in [1.54, 1.807) is 0 Å². The fourth-order valence-corrected chi connectivity index (χ4v) is 2.18. The summed E-state index contributed by atoms with van der Waals surface area (Å²) in [6.07, 6.45) is 1.03. The van der Waals surface area contributed by atoms with E-state index in [9.17, 15) is 14.4 Å². The molecule has 1 aliphatic heterocycles. The van der Waals surface area contributed by atoms with Gasteiger partial charge in [0.15, 0.2) is 5.69 Å². The Balaban J connectivity index is 1.82. The minimum atomic E-state index is -1.16. The number of nitrogens with zero attached hydrogens (tertiary/aromatic N) is 4. The Morgan fingerprint density at radius 2 is 2.15 bits per heavy atom. The number of carbonyl (C=O) groups excluding carboxylic acids is 2. The smallest absolute Gasteiger partial charge is 0.416 e. The molecule has 1 N–H and O–H groups in total.